The Hall–Kier alpha value is -2.39. The summed E-state index contributed by atoms with van der Waals surface area (Å²) >= 11 is 0. The average Bonchev–Trinajstić information content (AvgIpc) is 3.26. The van der Waals surface area contributed by atoms with Crippen LogP contribution in [0.5, 0.6) is 0 Å². The molecule has 1 heterocycles. The molecule has 3 rings (SSSR count). The van der Waals surface area contributed by atoms with Gasteiger partial charge in [-0.2, -0.15) is 5.10 Å². The Morgan fingerprint density at radius 1 is 1.04 bits per heavy atom. The third kappa shape index (κ3) is 6.97. The van der Waals surface area contributed by atoms with Crippen molar-refractivity contribution in [3.63, 3.8) is 0 Å². The van der Waals surface area contributed by atoms with Crippen LogP contribution in [-0.4, -0.2) is 35.9 Å². The molecule has 0 amide bonds. The molecule has 148 valence electrons. The van der Waals surface area contributed by atoms with Crippen molar-refractivity contribution >= 4 is 29.9 Å². The first kappa shape index (κ1) is 21.9. The fourth-order valence-electron chi connectivity index (χ4n) is 2.64. The molecular formula is C21H26IN5O. The van der Waals surface area contributed by atoms with Gasteiger partial charge >= 0.3 is 0 Å². The van der Waals surface area contributed by atoms with Crippen LogP contribution >= 0.6 is 24.0 Å². The Morgan fingerprint density at radius 3 is 2.61 bits per heavy atom. The Balaban J connectivity index is 0.00000280. The molecule has 7 heteroatoms. The molecule has 3 aromatic rings. The summed E-state index contributed by atoms with van der Waals surface area (Å²) < 4.78 is 7.53. The third-order valence-electron chi connectivity index (χ3n) is 4.01. The molecule has 2 N–H and O–H groups in total. The zero-order chi connectivity index (χ0) is 18.7. The summed E-state index contributed by atoms with van der Waals surface area (Å²) in [6.07, 6.45) is 3.71. The summed E-state index contributed by atoms with van der Waals surface area (Å²) in [6, 6.07) is 20.3. The lowest BCUT2D eigenvalue weighted by molar-refractivity contribution is 0.125. The SMILES string of the molecule is CN=C(NCCOCc1ccccc1)NCc1cccc(-n2cccn2)c1.I. The van der Waals surface area contributed by atoms with Crippen LogP contribution in [0.2, 0.25) is 0 Å². The number of ether oxygens (including phenoxy) is 1. The minimum absolute atomic E-state index is 0. The van der Waals surface area contributed by atoms with Crippen molar-refractivity contribution in [3.05, 3.63) is 84.2 Å². The Morgan fingerprint density at radius 2 is 1.86 bits per heavy atom. The van der Waals surface area contributed by atoms with Gasteiger partial charge in [-0.05, 0) is 29.3 Å². The number of aliphatic imine (C=N–C) groups is 1. The van der Waals surface area contributed by atoms with Gasteiger partial charge in [0, 0.05) is 32.5 Å². The highest BCUT2D eigenvalue weighted by atomic mass is 127. The van der Waals surface area contributed by atoms with Crippen LogP contribution < -0.4 is 10.6 Å². The van der Waals surface area contributed by atoms with Crippen LogP contribution in [0.3, 0.4) is 0 Å². The minimum atomic E-state index is 0. The third-order valence-corrected chi connectivity index (χ3v) is 4.01. The van der Waals surface area contributed by atoms with Gasteiger partial charge in [0.1, 0.15) is 0 Å². The number of benzene rings is 2. The van der Waals surface area contributed by atoms with Crippen LogP contribution in [0.25, 0.3) is 5.69 Å². The summed E-state index contributed by atoms with van der Waals surface area (Å²) in [5.41, 5.74) is 3.37. The molecule has 0 aliphatic heterocycles. The van der Waals surface area contributed by atoms with E-state index in [1.807, 2.05) is 47.3 Å². The predicted octanol–water partition coefficient (Wildman–Crippen LogP) is 3.37. The molecule has 0 aliphatic rings. The van der Waals surface area contributed by atoms with Crippen LogP contribution in [0.1, 0.15) is 11.1 Å². The van der Waals surface area contributed by atoms with E-state index in [0.717, 1.165) is 17.2 Å². The second kappa shape index (κ2) is 12.1. The molecule has 0 atom stereocenters. The second-order valence-electron chi connectivity index (χ2n) is 6.01. The van der Waals surface area contributed by atoms with Crippen molar-refractivity contribution in [2.45, 2.75) is 13.2 Å². The van der Waals surface area contributed by atoms with Crippen LogP contribution in [0.4, 0.5) is 0 Å². The van der Waals surface area contributed by atoms with E-state index in [1.165, 1.54) is 5.56 Å². The van der Waals surface area contributed by atoms with Gasteiger partial charge in [-0.25, -0.2) is 4.68 Å². The molecule has 0 fully saturated rings. The number of nitrogens with zero attached hydrogens (tertiary/aromatic N) is 3. The molecule has 0 bridgehead atoms. The topological polar surface area (TPSA) is 63.5 Å². The maximum absolute atomic E-state index is 5.68. The van der Waals surface area contributed by atoms with Gasteiger partial charge in [0.25, 0.3) is 0 Å². The molecular weight excluding hydrogens is 465 g/mol. The number of hydrogen-bond acceptors (Lipinski definition) is 3. The zero-order valence-corrected chi connectivity index (χ0v) is 18.2. The fourth-order valence-corrected chi connectivity index (χ4v) is 2.64. The number of halogens is 1. The van der Waals surface area contributed by atoms with Crippen molar-refractivity contribution in [1.29, 1.82) is 0 Å². The van der Waals surface area contributed by atoms with Gasteiger partial charge in [-0.1, -0.05) is 42.5 Å². The molecule has 0 saturated heterocycles. The highest BCUT2D eigenvalue weighted by Gasteiger charge is 2.01. The summed E-state index contributed by atoms with van der Waals surface area (Å²) in [5, 5.41) is 10.9. The van der Waals surface area contributed by atoms with Crippen LogP contribution in [0.15, 0.2) is 78.0 Å². The van der Waals surface area contributed by atoms with E-state index in [-0.39, 0.29) is 24.0 Å². The number of aromatic nitrogens is 2. The van der Waals surface area contributed by atoms with E-state index >= 15 is 0 Å². The van der Waals surface area contributed by atoms with E-state index < -0.39 is 0 Å². The lowest BCUT2D eigenvalue weighted by Gasteiger charge is -2.13. The smallest absolute Gasteiger partial charge is 0.191 e. The molecule has 28 heavy (non-hydrogen) atoms. The highest BCUT2D eigenvalue weighted by Crippen LogP contribution is 2.09. The van der Waals surface area contributed by atoms with Gasteiger partial charge in [0.15, 0.2) is 5.96 Å². The molecule has 0 unspecified atom stereocenters. The first-order valence-electron chi connectivity index (χ1n) is 9.00. The van der Waals surface area contributed by atoms with E-state index in [9.17, 15) is 0 Å². The number of hydrogen-bond donors (Lipinski definition) is 2. The molecule has 1 aromatic heterocycles. The van der Waals surface area contributed by atoms with E-state index in [2.05, 4.69) is 45.0 Å². The van der Waals surface area contributed by atoms with Gasteiger partial charge in [-0.15, -0.1) is 24.0 Å². The molecule has 6 nitrogen and oxygen atoms in total. The number of rotatable bonds is 8. The average molecular weight is 491 g/mol. The molecule has 2 aromatic carbocycles. The van der Waals surface area contributed by atoms with Crippen molar-refractivity contribution in [3.8, 4) is 5.69 Å². The number of nitrogens with one attached hydrogen (secondary N) is 2. The summed E-state index contributed by atoms with van der Waals surface area (Å²) in [4.78, 5) is 4.25. The fraction of sp³-hybridized carbons (Fsp3) is 0.238. The van der Waals surface area contributed by atoms with Crippen molar-refractivity contribution in [1.82, 2.24) is 20.4 Å². The Bertz CT molecular complexity index is 837. The maximum atomic E-state index is 5.68. The monoisotopic (exact) mass is 491 g/mol. The zero-order valence-electron chi connectivity index (χ0n) is 15.9. The highest BCUT2D eigenvalue weighted by molar-refractivity contribution is 14.0. The predicted molar refractivity (Wildman–Crippen MR) is 123 cm³/mol. The lowest BCUT2D eigenvalue weighted by atomic mass is 10.2. The van der Waals surface area contributed by atoms with Gasteiger partial charge in [0.05, 0.1) is 18.9 Å². The Kier molecular flexibility index (Phi) is 9.50. The summed E-state index contributed by atoms with van der Waals surface area (Å²) in [5.74, 6) is 0.753. The van der Waals surface area contributed by atoms with Crippen molar-refractivity contribution in [2.75, 3.05) is 20.2 Å². The van der Waals surface area contributed by atoms with Gasteiger partial charge in [-0.3, -0.25) is 4.99 Å². The number of guanidine groups is 1. The summed E-state index contributed by atoms with van der Waals surface area (Å²) in [7, 11) is 1.76. The molecule has 0 spiro atoms. The Labute approximate surface area is 183 Å². The normalized spacial score (nSPS) is 11.0. The van der Waals surface area contributed by atoms with Gasteiger partial charge in [0.2, 0.25) is 0 Å². The minimum Gasteiger partial charge on any atom is -0.375 e. The van der Waals surface area contributed by atoms with E-state index in [4.69, 9.17) is 4.74 Å². The maximum Gasteiger partial charge on any atom is 0.191 e. The summed E-state index contributed by atoms with van der Waals surface area (Å²) in [6.45, 7) is 2.61. The molecule has 0 radical (unpaired) electrons. The lowest BCUT2D eigenvalue weighted by Crippen LogP contribution is -2.38. The molecule has 0 aliphatic carbocycles. The van der Waals surface area contributed by atoms with E-state index in [1.54, 1.807) is 13.2 Å². The first-order chi connectivity index (χ1) is 13.3. The van der Waals surface area contributed by atoms with Gasteiger partial charge < -0.3 is 15.4 Å². The van der Waals surface area contributed by atoms with Crippen LogP contribution in [0, 0.1) is 0 Å². The standard InChI is InChI=1S/C21H25N5O.HI/c1-22-21(23-12-14-27-17-18-7-3-2-4-8-18)24-16-19-9-5-10-20(15-19)26-13-6-11-25-26;/h2-11,13,15H,12,14,16-17H2,1H3,(H2,22,23,24);1H. The molecule has 0 saturated carbocycles. The van der Waals surface area contributed by atoms with Crippen LogP contribution in [-0.2, 0) is 17.9 Å². The van der Waals surface area contributed by atoms with E-state index in [0.29, 0.717) is 26.3 Å². The quantitative estimate of drug-likeness (QED) is 0.220. The van der Waals surface area contributed by atoms with Crippen molar-refractivity contribution in [2.24, 2.45) is 4.99 Å². The largest absolute Gasteiger partial charge is 0.375 e. The first-order valence-corrected chi connectivity index (χ1v) is 9.00. The van der Waals surface area contributed by atoms with Crippen molar-refractivity contribution < 1.29 is 4.74 Å². The second-order valence-corrected chi connectivity index (χ2v) is 6.01.